The summed E-state index contributed by atoms with van der Waals surface area (Å²) in [5.74, 6) is 1.02. The van der Waals surface area contributed by atoms with Gasteiger partial charge in [0.15, 0.2) is 0 Å². The summed E-state index contributed by atoms with van der Waals surface area (Å²) in [7, 11) is 0. The van der Waals surface area contributed by atoms with Crippen LogP contribution >= 0.6 is 11.6 Å². The fourth-order valence-electron chi connectivity index (χ4n) is 3.31. The first kappa shape index (κ1) is 12.7. The van der Waals surface area contributed by atoms with Gasteiger partial charge in [-0.15, -0.1) is 0 Å². The van der Waals surface area contributed by atoms with Crippen LogP contribution in [-0.4, -0.2) is 19.1 Å². The van der Waals surface area contributed by atoms with Crippen LogP contribution in [0, 0.1) is 11.3 Å². The standard InChI is InChI=1S/C16H18ClNO2/c17-13-3-1-2-11(6-13)16(4-5-20-16)10-18-14(19)9-15-7-12(15)8-15/h1-3,6,12H,4-5,7-10H2,(H,18,19). The first-order valence-electron chi connectivity index (χ1n) is 7.29. The van der Waals surface area contributed by atoms with Crippen molar-refractivity contribution in [2.45, 2.75) is 31.3 Å². The lowest BCUT2D eigenvalue weighted by atomic mass is 9.86. The van der Waals surface area contributed by atoms with Crippen molar-refractivity contribution in [3.63, 3.8) is 0 Å². The second-order valence-corrected chi connectivity index (χ2v) is 6.96. The molecule has 2 saturated carbocycles. The third-order valence-corrected chi connectivity index (χ3v) is 5.41. The Bertz CT molecular complexity index is 561. The number of hydrogen-bond acceptors (Lipinski definition) is 2. The molecule has 1 aromatic carbocycles. The fourth-order valence-corrected chi connectivity index (χ4v) is 3.50. The molecule has 1 aliphatic heterocycles. The molecule has 3 fully saturated rings. The highest BCUT2D eigenvalue weighted by Crippen LogP contribution is 2.77. The van der Waals surface area contributed by atoms with Gasteiger partial charge in [-0.2, -0.15) is 0 Å². The quantitative estimate of drug-likeness (QED) is 0.906. The van der Waals surface area contributed by atoms with Gasteiger partial charge in [0.05, 0.1) is 13.2 Å². The van der Waals surface area contributed by atoms with E-state index < -0.39 is 0 Å². The topological polar surface area (TPSA) is 38.3 Å². The Hall–Kier alpha value is -1.06. The average molecular weight is 292 g/mol. The molecule has 106 valence electrons. The molecule has 3 nitrogen and oxygen atoms in total. The minimum Gasteiger partial charge on any atom is -0.368 e. The molecule has 1 N–H and O–H groups in total. The van der Waals surface area contributed by atoms with E-state index in [1.165, 1.54) is 12.8 Å². The summed E-state index contributed by atoms with van der Waals surface area (Å²) in [4.78, 5) is 12.0. The van der Waals surface area contributed by atoms with Crippen LogP contribution in [0.2, 0.25) is 5.02 Å². The van der Waals surface area contributed by atoms with Crippen molar-refractivity contribution in [1.29, 1.82) is 0 Å². The third-order valence-electron chi connectivity index (χ3n) is 5.17. The van der Waals surface area contributed by atoms with Crippen molar-refractivity contribution in [1.82, 2.24) is 5.32 Å². The molecule has 1 heterocycles. The van der Waals surface area contributed by atoms with Crippen LogP contribution in [0.1, 0.15) is 31.2 Å². The van der Waals surface area contributed by atoms with E-state index >= 15 is 0 Å². The molecule has 0 bridgehead atoms. The number of ether oxygens (including phenoxy) is 1. The van der Waals surface area contributed by atoms with Crippen LogP contribution in [-0.2, 0) is 15.1 Å². The zero-order valence-corrected chi connectivity index (χ0v) is 12.1. The molecule has 0 radical (unpaired) electrons. The molecule has 0 aromatic heterocycles. The van der Waals surface area contributed by atoms with E-state index in [1.807, 2.05) is 24.3 Å². The number of hydrogen-bond donors (Lipinski definition) is 1. The molecule has 0 spiro atoms. The molecule has 4 heteroatoms. The highest BCUT2D eigenvalue weighted by molar-refractivity contribution is 6.30. The van der Waals surface area contributed by atoms with Gasteiger partial charge in [-0.1, -0.05) is 23.7 Å². The van der Waals surface area contributed by atoms with Gasteiger partial charge in [-0.05, 0) is 41.9 Å². The lowest BCUT2D eigenvalue weighted by Gasteiger charge is -2.42. The van der Waals surface area contributed by atoms with Crippen molar-refractivity contribution in [2.75, 3.05) is 13.2 Å². The predicted octanol–water partition coefficient (Wildman–Crippen LogP) is 2.87. The average Bonchev–Trinajstić information content (AvgIpc) is 3.17. The van der Waals surface area contributed by atoms with Gasteiger partial charge in [-0.25, -0.2) is 0 Å². The molecule has 1 aromatic rings. The van der Waals surface area contributed by atoms with Crippen LogP contribution in [0.5, 0.6) is 0 Å². The predicted molar refractivity (Wildman–Crippen MR) is 76.5 cm³/mol. The van der Waals surface area contributed by atoms with Gasteiger partial charge < -0.3 is 10.1 Å². The SMILES string of the molecule is O=C(CC12CC1C2)NCC1(c2cccc(Cl)c2)CCO1. The normalized spacial score (nSPS) is 36.8. The van der Waals surface area contributed by atoms with Crippen molar-refractivity contribution in [2.24, 2.45) is 11.3 Å². The molecule has 4 rings (SSSR count). The summed E-state index contributed by atoms with van der Waals surface area (Å²) in [6.07, 6.45) is 4.15. The van der Waals surface area contributed by atoms with E-state index in [1.54, 1.807) is 0 Å². The first-order valence-corrected chi connectivity index (χ1v) is 7.67. The lowest BCUT2D eigenvalue weighted by Crippen LogP contribution is -2.50. The highest BCUT2D eigenvalue weighted by atomic mass is 35.5. The first-order chi connectivity index (χ1) is 9.62. The number of benzene rings is 1. The highest BCUT2D eigenvalue weighted by Gasteiger charge is 2.69. The minimum absolute atomic E-state index is 0.168. The zero-order chi connectivity index (χ0) is 13.8. The van der Waals surface area contributed by atoms with Crippen LogP contribution in [0.15, 0.2) is 24.3 Å². The third kappa shape index (κ3) is 2.04. The second kappa shape index (κ2) is 4.22. The van der Waals surface area contributed by atoms with Gasteiger partial charge >= 0.3 is 0 Å². The molecular weight excluding hydrogens is 274 g/mol. The Morgan fingerprint density at radius 3 is 2.75 bits per heavy atom. The molecule has 3 aliphatic rings. The number of fused-ring (bicyclic) bond motifs is 1. The molecule has 2 aliphatic carbocycles. The van der Waals surface area contributed by atoms with Gasteiger partial charge in [0.1, 0.15) is 5.60 Å². The number of carbonyl (C=O) groups is 1. The minimum atomic E-state index is -0.370. The number of amides is 1. The van der Waals surface area contributed by atoms with Crippen molar-refractivity contribution < 1.29 is 9.53 Å². The van der Waals surface area contributed by atoms with Crippen molar-refractivity contribution >= 4 is 17.5 Å². The summed E-state index contributed by atoms with van der Waals surface area (Å²) in [6.45, 7) is 1.29. The molecule has 20 heavy (non-hydrogen) atoms. The Labute approximate surface area is 123 Å². The number of halogens is 1. The van der Waals surface area contributed by atoms with Crippen molar-refractivity contribution in [3.05, 3.63) is 34.9 Å². The Morgan fingerprint density at radius 1 is 1.45 bits per heavy atom. The van der Waals surface area contributed by atoms with Crippen LogP contribution in [0.25, 0.3) is 0 Å². The van der Waals surface area contributed by atoms with E-state index in [0.29, 0.717) is 23.4 Å². The second-order valence-electron chi connectivity index (χ2n) is 6.52. The van der Waals surface area contributed by atoms with E-state index in [2.05, 4.69) is 5.32 Å². The Morgan fingerprint density at radius 2 is 2.20 bits per heavy atom. The fraction of sp³-hybridized carbons (Fsp3) is 0.562. The Balaban J connectivity index is 1.41. The summed E-state index contributed by atoms with van der Waals surface area (Å²) in [6, 6.07) is 7.74. The monoisotopic (exact) mass is 291 g/mol. The number of carbonyl (C=O) groups excluding carboxylic acids is 1. The molecule has 1 saturated heterocycles. The van der Waals surface area contributed by atoms with E-state index in [-0.39, 0.29) is 11.5 Å². The van der Waals surface area contributed by atoms with Gasteiger partial charge in [0, 0.05) is 17.9 Å². The summed E-state index contributed by atoms with van der Waals surface area (Å²) < 4.78 is 5.79. The van der Waals surface area contributed by atoms with Gasteiger partial charge in [0.2, 0.25) is 5.91 Å². The number of rotatable bonds is 5. The molecule has 1 atom stereocenters. The zero-order valence-electron chi connectivity index (χ0n) is 11.3. The van der Waals surface area contributed by atoms with Gasteiger partial charge in [-0.3, -0.25) is 4.79 Å². The smallest absolute Gasteiger partial charge is 0.220 e. The summed E-state index contributed by atoms with van der Waals surface area (Å²) in [5.41, 5.74) is 1.10. The number of nitrogens with one attached hydrogen (secondary N) is 1. The van der Waals surface area contributed by atoms with Crippen LogP contribution in [0.3, 0.4) is 0 Å². The Kier molecular flexibility index (Phi) is 2.67. The maximum absolute atomic E-state index is 12.0. The summed E-state index contributed by atoms with van der Waals surface area (Å²) >= 11 is 6.05. The largest absolute Gasteiger partial charge is 0.368 e. The summed E-state index contributed by atoms with van der Waals surface area (Å²) in [5, 5.41) is 3.77. The van der Waals surface area contributed by atoms with E-state index in [0.717, 1.165) is 24.5 Å². The van der Waals surface area contributed by atoms with Crippen molar-refractivity contribution in [3.8, 4) is 0 Å². The maximum atomic E-state index is 12.0. The van der Waals surface area contributed by atoms with E-state index in [9.17, 15) is 4.79 Å². The molecular formula is C16H18ClNO2. The molecule has 1 amide bonds. The maximum Gasteiger partial charge on any atom is 0.220 e. The van der Waals surface area contributed by atoms with Gasteiger partial charge in [0.25, 0.3) is 0 Å². The molecule has 1 unspecified atom stereocenters. The van der Waals surface area contributed by atoms with Crippen LogP contribution in [0.4, 0.5) is 0 Å². The van der Waals surface area contributed by atoms with E-state index in [4.69, 9.17) is 16.3 Å². The lowest BCUT2D eigenvalue weighted by molar-refractivity contribution is -0.155. The van der Waals surface area contributed by atoms with Crippen LogP contribution < -0.4 is 5.32 Å².